The maximum atomic E-state index is 12.8. The first-order valence-corrected chi connectivity index (χ1v) is 16.2. The minimum absolute atomic E-state index is 0.205. The van der Waals surface area contributed by atoms with Crippen molar-refractivity contribution in [1.82, 2.24) is 15.0 Å². The van der Waals surface area contributed by atoms with Crippen molar-refractivity contribution in [2.75, 3.05) is 47.7 Å². The standard InChI is InChI=1S/C28H38N6O3S2/c1-20(2)39(35,36)26-10-6-5-9-24(26)32-28-30-19-29-27(33-28)31-23-12-11-22(18-25(23)37-3)34-15-13-21(14-16-34)8-7-17-38-4/h5-6,9-12,18-21H,7-8,13-17H2,1-4H3,(H2,29,30,31,32,33). The Morgan fingerprint density at radius 3 is 2.41 bits per heavy atom. The lowest BCUT2D eigenvalue weighted by atomic mass is 9.92. The van der Waals surface area contributed by atoms with Crippen LogP contribution in [0.3, 0.4) is 0 Å². The fraction of sp³-hybridized carbons (Fsp3) is 0.464. The molecule has 9 nitrogen and oxygen atoms in total. The van der Waals surface area contributed by atoms with Gasteiger partial charge in [-0.2, -0.15) is 16.7 Å². The maximum Gasteiger partial charge on any atom is 0.232 e. The van der Waals surface area contributed by atoms with E-state index in [1.54, 1.807) is 45.2 Å². The molecule has 11 heteroatoms. The van der Waals surface area contributed by atoms with E-state index in [1.807, 2.05) is 23.9 Å². The summed E-state index contributed by atoms with van der Waals surface area (Å²) in [6.45, 7) is 5.42. The highest BCUT2D eigenvalue weighted by Crippen LogP contribution is 2.34. The van der Waals surface area contributed by atoms with Gasteiger partial charge in [-0.25, -0.2) is 18.4 Å². The van der Waals surface area contributed by atoms with Crippen molar-refractivity contribution in [3.8, 4) is 5.75 Å². The third-order valence-electron chi connectivity index (χ3n) is 7.00. The van der Waals surface area contributed by atoms with Gasteiger partial charge in [0.15, 0.2) is 9.84 Å². The quantitative estimate of drug-likeness (QED) is 0.255. The summed E-state index contributed by atoms with van der Waals surface area (Å²) >= 11 is 1.93. The van der Waals surface area contributed by atoms with Crippen molar-refractivity contribution in [2.45, 2.75) is 49.7 Å². The van der Waals surface area contributed by atoms with Crippen LogP contribution in [-0.2, 0) is 9.84 Å². The first-order valence-electron chi connectivity index (χ1n) is 13.3. The van der Waals surface area contributed by atoms with Crippen LogP contribution in [0.4, 0.5) is 29.0 Å². The normalized spacial score (nSPS) is 14.4. The number of piperidine rings is 1. The molecule has 1 aliphatic rings. The largest absolute Gasteiger partial charge is 0.494 e. The molecule has 39 heavy (non-hydrogen) atoms. The van der Waals surface area contributed by atoms with E-state index in [0.717, 1.165) is 30.4 Å². The van der Waals surface area contributed by atoms with Gasteiger partial charge in [-0.05, 0) is 81.7 Å². The van der Waals surface area contributed by atoms with E-state index in [1.165, 1.54) is 37.8 Å². The number of aromatic nitrogens is 3. The lowest BCUT2D eigenvalue weighted by Crippen LogP contribution is -2.33. The zero-order chi connectivity index (χ0) is 27.8. The lowest BCUT2D eigenvalue weighted by molar-refractivity contribution is 0.379. The molecule has 0 aliphatic carbocycles. The van der Waals surface area contributed by atoms with Gasteiger partial charge in [0.1, 0.15) is 12.1 Å². The molecule has 0 radical (unpaired) electrons. The molecule has 1 fully saturated rings. The average Bonchev–Trinajstić information content (AvgIpc) is 2.94. The third-order valence-corrected chi connectivity index (χ3v) is 9.91. The van der Waals surface area contributed by atoms with E-state index in [-0.39, 0.29) is 10.8 Å². The second-order valence-corrected chi connectivity index (χ2v) is 13.4. The predicted molar refractivity (Wildman–Crippen MR) is 161 cm³/mol. The van der Waals surface area contributed by atoms with E-state index in [0.29, 0.717) is 17.4 Å². The van der Waals surface area contributed by atoms with Gasteiger partial charge in [0, 0.05) is 24.8 Å². The number of para-hydroxylation sites is 1. The molecule has 0 spiro atoms. The molecule has 0 amide bonds. The molecule has 1 saturated heterocycles. The van der Waals surface area contributed by atoms with Crippen molar-refractivity contribution in [1.29, 1.82) is 0 Å². The summed E-state index contributed by atoms with van der Waals surface area (Å²) in [5.41, 5.74) is 2.28. The zero-order valence-corrected chi connectivity index (χ0v) is 24.7. The van der Waals surface area contributed by atoms with Crippen molar-refractivity contribution >= 4 is 50.6 Å². The summed E-state index contributed by atoms with van der Waals surface area (Å²) < 4.78 is 31.3. The molecule has 3 aromatic rings. The Morgan fingerprint density at radius 2 is 1.74 bits per heavy atom. The number of thioether (sulfide) groups is 1. The van der Waals surface area contributed by atoms with Gasteiger partial charge < -0.3 is 20.3 Å². The molecule has 2 aromatic carbocycles. The van der Waals surface area contributed by atoms with Gasteiger partial charge in [-0.3, -0.25) is 0 Å². The Labute approximate surface area is 236 Å². The van der Waals surface area contributed by atoms with E-state index < -0.39 is 15.1 Å². The molecule has 210 valence electrons. The minimum atomic E-state index is -3.49. The summed E-state index contributed by atoms with van der Waals surface area (Å²) in [5.74, 6) is 3.31. The fourth-order valence-corrected chi connectivity index (χ4v) is 6.36. The number of benzene rings is 2. The number of sulfone groups is 1. The Bertz CT molecular complexity index is 1340. The molecule has 0 unspecified atom stereocenters. The van der Waals surface area contributed by atoms with Crippen molar-refractivity contribution in [2.24, 2.45) is 5.92 Å². The van der Waals surface area contributed by atoms with E-state index >= 15 is 0 Å². The second kappa shape index (κ2) is 13.3. The van der Waals surface area contributed by atoms with E-state index in [2.05, 4.69) is 42.8 Å². The minimum Gasteiger partial charge on any atom is -0.494 e. The first kappa shape index (κ1) is 28.9. The van der Waals surface area contributed by atoms with Gasteiger partial charge in [0.05, 0.1) is 28.6 Å². The highest BCUT2D eigenvalue weighted by molar-refractivity contribution is 7.98. The van der Waals surface area contributed by atoms with Gasteiger partial charge in [-0.15, -0.1) is 0 Å². The molecular weight excluding hydrogens is 532 g/mol. The topological polar surface area (TPSA) is 109 Å². The Hall–Kier alpha value is -3.05. The van der Waals surface area contributed by atoms with Gasteiger partial charge in [-0.1, -0.05) is 12.1 Å². The van der Waals surface area contributed by atoms with Crippen LogP contribution in [0.2, 0.25) is 0 Å². The number of nitrogens with one attached hydrogen (secondary N) is 2. The number of anilines is 5. The Morgan fingerprint density at radius 1 is 1.05 bits per heavy atom. The van der Waals surface area contributed by atoms with Crippen LogP contribution in [0.5, 0.6) is 5.75 Å². The highest BCUT2D eigenvalue weighted by atomic mass is 32.2. The fourth-order valence-electron chi connectivity index (χ4n) is 4.71. The van der Waals surface area contributed by atoms with Crippen molar-refractivity contribution in [3.05, 3.63) is 48.8 Å². The van der Waals surface area contributed by atoms with Crippen molar-refractivity contribution < 1.29 is 13.2 Å². The SMILES string of the molecule is COc1cc(N2CCC(CCCSC)CC2)ccc1Nc1ncnc(Nc2ccccc2S(=O)(=O)C(C)C)n1. The van der Waals surface area contributed by atoms with Crippen LogP contribution in [-0.4, -0.2) is 60.8 Å². The number of ether oxygens (including phenoxy) is 1. The summed E-state index contributed by atoms with van der Waals surface area (Å²) in [4.78, 5) is 15.5. The third kappa shape index (κ3) is 7.33. The molecule has 1 aromatic heterocycles. The van der Waals surface area contributed by atoms with Crippen LogP contribution in [0, 0.1) is 5.92 Å². The molecule has 2 N–H and O–H groups in total. The molecule has 4 rings (SSSR count). The van der Waals surface area contributed by atoms with Crippen LogP contribution in [0.1, 0.15) is 39.5 Å². The molecule has 0 bridgehead atoms. The Kier molecular flexibility index (Phi) is 9.90. The van der Waals surface area contributed by atoms with Crippen LogP contribution in [0.25, 0.3) is 0 Å². The van der Waals surface area contributed by atoms with Crippen LogP contribution < -0.4 is 20.3 Å². The number of hydrogen-bond donors (Lipinski definition) is 2. The maximum absolute atomic E-state index is 12.8. The van der Waals surface area contributed by atoms with Crippen LogP contribution in [0.15, 0.2) is 53.7 Å². The molecule has 0 atom stereocenters. The Balaban J connectivity index is 1.45. The number of rotatable bonds is 12. The second-order valence-electron chi connectivity index (χ2n) is 9.92. The van der Waals surface area contributed by atoms with Gasteiger partial charge >= 0.3 is 0 Å². The predicted octanol–water partition coefficient (Wildman–Crippen LogP) is 5.91. The van der Waals surface area contributed by atoms with Gasteiger partial charge in [0.2, 0.25) is 11.9 Å². The lowest BCUT2D eigenvalue weighted by Gasteiger charge is -2.34. The van der Waals surface area contributed by atoms with Crippen molar-refractivity contribution in [3.63, 3.8) is 0 Å². The number of methoxy groups -OCH3 is 1. The number of hydrogen-bond acceptors (Lipinski definition) is 10. The summed E-state index contributed by atoms with van der Waals surface area (Å²) in [6.07, 6.45) is 8.62. The van der Waals surface area contributed by atoms with E-state index in [9.17, 15) is 8.42 Å². The molecule has 2 heterocycles. The average molecular weight is 571 g/mol. The molecular formula is C28H38N6O3S2. The molecule has 1 aliphatic heterocycles. The zero-order valence-electron chi connectivity index (χ0n) is 23.1. The summed E-state index contributed by atoms with van der Waals surface area (Å²) in [5, 5.41) is 5.70. The number of nitrogens with zero attached hydrogens (tertiary/aromatic N) is 4. The van der Waals surface area contributed by atoms with Crippen LogP contribution >= 0.6 is 11.8 Å². The monoisotopic (exact) mass is 570 g/mol. The summed E-state index contributed by atoms with van der Waals surface area (Å²) in [6, 6.07) is 12.9. The molecule has 0 saturated carbocycles. The van der Waals surface area contributed by atoms with Gasteiger partial charge in [0.25, 0.3) is 0 Å². The first-order chi connectivity index (χ1) is 18.8. The summed E-state index contributed by atoms with van der Waals surface area (Å²) in [7, 11) is -1.84. The van der Waals surface area contributed by atoms with E-state index in [4.69, 9.17) is 4.74 Å². The highest BCUT2D eigenvalue weighted by Gasteiger charge is 2.23. The smallest absolute Gasteiger partial charge is 0.232 e.